The Morgan fingerprint density at radius 3 is 2.82 bits per heavy atom. The first kappa shape index (κ1) is 14.0. The molecule has 3 heteroatoms. The highest BCUT2D eigenvalue weighted by atomic mass is 14.9. The second kappa shape index (κ2) is 8.07. The van der Waals surface area contributed by atoms with Crippen LogP contribution in [0, 0.1) is 0 Å². The van der Waals surface area contributed by atoms with E-state index in [1.54, 1.807) is 6.20 Å². The summed E-state index contributed by atoms with van der Waals surface area (Å²) in [6, 6.07) is 4.60. The van der Waals surface area contributed by atoms with Gasteiger partial charge in [-0.25, -0.2) is 4.98 Å². The van der Waals surface area contributed by atoms with E-state index in [0.717, 1.165) is 13.0 Å². The van der Waals surface area contributed by atoms with E-state index in [2.05, 4.69) is 30.2 Å². The van der Waals surface area contributed by atoms with Gasteiger partial charge in [-0.2, -0.15) is 0 Å². The molecule has 3 nitrogen and oxygen atoms in total. The number of hydrogen-bond donors (Lipinski definition) is 2. The van der Waals surface area contributed by atoms with Crippen molar-refractivity contribution in [1.29, 1.82) is 0 Å². The minimum atomic E-state index is 0.566. The summed E-state index contributed by atoms with van der Waals surface area (Å²) in [6.45, 7) is 5.53. The molecule has 0 amide bonds. The zero-order valence-corrected chi connectivity index (χ0v) is 11.1. The number of hydrogen-bond acceptors (Lipinski definition) is 3. The molecule has 1 rings (SSSR count). The molecule has 0 aliphatic heterocycles. The third kappa shape index (κ3) is 5.68. The van der Waals surface area contributed by atoms with E-state index in [-0.39, 0.29) is 0 Å². The summed E-state index contributed by atoms with van der Waals surface area (Å²) in [7, 11) is 0. The van der Waals surface area contributed by atoms with Crippen LogP contribution in [0.25, 0.3) is 0 Å². The van der Waals surface area contributed by atoms with Gasteiger partial charge in [-0.1, -0.05) is 26.7 Å². The van der Waals surface area contributed by atoms with E-state index in [4.69, 9.17) is 5.73 Å². The number of unbranched alkanes of at least 4 members (excludes halogenated alkanes) is 1. The van der Waals surface area contributed by atoms with Crippen LogP contribution >= 0.6 is 0 Å². The Labute approximate surface area is 105 Å². The van der Waals surface area contributed by atoms with Gasteiger partial charge < -0.3 is 11.1 Å². The third-order valence-electron chi connectivity index (χ3n) is 2.92. The van der Waals surface area contributed by atoms with Crippen LogP contribution in [0.1, 0.15) is 45.1 Å². The maximum absolute atomic E-state index is 5.70. The molecule has 0 saturated heterocycles. The van der Waals surface area contributed by atoms with Gasteiger partial charge in [0.25, 0.3) is 0 Å². The van der Waals surface area contributed by atoms with Crippen molar-refractivity contribution >= 4 is 5.82 Å². The first-order chi connectivity index (χ1) is 8.26. The lowest BCUT2D eigenvalue weighted by molar-refractivity contribution is 0.462. The summed E-state index contributed by atoms with van der Waals surface area (Å²) in [5.41, 5.74) is 6.98. The van der Waals surface area contributed by atoms with Crippen LogP contribution in [0.15, 0.2) is 18.3 Å². The lowest BCUT2D eigenvalue weighted by Gasteiger charge is -2.18. The average Bonchev–Trinajstić information content (AvgIpc) is 2.32. The smallest absolute Gasteiger partial charge is 0.123 e. The summed E-state index contributed by atoms with van der Waals surface area (Å²) < 4.78 is 0. The largest absolute Gasteiger partial charge is 0.384 e. The van der Waals surface area contributed by atoms with Crippen LogP contribution in [0.3, 0.4) is 0 Å². The first-order valence-corrected chi connectivity index (χ1v) is 6.70. The summed E-state index contributed by atoms with van der Waals surface area (Å²) >= 11 is 0. The van der Waals surface area contributed by atoms with E-state index in [0.29, 0.717) is 11.9 Å². The SMILES string of the molecule is CCCCC(Cc1ccnc(N)c1)NCCC. The third-order valence-corrected chi connectivity index (χ3v) is 2.92. The van der Waals surface area contributed by atoms with Crippen molar-refractivity contribution in [3.05, 3.63) is 23.9 Å². The predicted molar refractivity (Wildman–Crippen MR) is 74.0 cm³/mol. The highest BCUT2D eigenvalue weighted by molar-refractivity contribution is 5.32. The Kier molecular flexibility index (Phi) is 6.63. The van der Waals surface area contributed by atoms with Crippen LogP contribution in [-0.2, 0) is 6.42 Å². The Bertz CT molecular complexity index is 304. The van der Waals surface area contributed by atoms with Gasteiger partial charge in [0, 0.05) is 12.2 Å². The van der Waals surface area contributed by atoms with Gasteiger partial charge in [0.05, 0.1) is 0 Å². The first-order valence-electron chi connectivity index (χ1n) is 6.70. The highest BCUT2D eigenvalue weighted by Gasteiger charge is 2.08. The molecule has 1 atom stereocenters. The molecule has 0 spiro atoms. The second-order valence-electron chi connectivity index (χ2n) is 4.59. The number of nitrogens with zero attached hydrogens (tertiary/aromatic N) is 1. The standard InChI is InChI=1S/C14H25N3/c1-3-5-6-13(16-8-4-2)10-12-7-9-17-14(15)11-12/h7,9,11,13,16H,3-6,8,10H2,1-2H3,(H2,15,17). The van der Waals surface area contributed by atoms with Crippen LogP contribution in [0.5, 0.6) is 0 Å². The highest BCUT2D eigenvalue weighted by Crippen LogP contribution is 2.10. The fraction of sp³-hybridized carbons (Fsp3) is 0.643. The van der Waals surface area contributed by atoms with Gasteiger partial charge >= 0.3 is 0 Å². The maximum atomic E-state index is 5.70. The van der Waals surface area contributed by atoms with E-state index in [9.17, 15) is 0 Å². The molecule has 0 fully saturated rings. The predicted octanol–water partition coefficient (Wildman–Crippen LogP) is 2.76. The van der Waals surface area contributed by atoms with Gasteiger partial charge in [0.1, 0.15) is 5.82 Å². The number of anilines is 1. The van der Waals surface area contributed by atoms with Gasteiger partial charge in [-0.15, -0.1) is 0 Å². The molecule has 1 unspecified atom stereocenters. The molecule has 1 heterocycles. The number of nitrogens with two attached hydrogens (primary N) is 1. The lowest BCUT2D eigenvalue weighted by atomic mass is 10.0. The molecule has 0 aliphatic rings. The van der Waals surface area contributed by atoms with Crippen LogP contribution in [-0.4, -0.2) is 17.6 Å². The fourth-order valence-electron chi connectivity index (χ4n) is 1.98. The normalized spacial score (nSPS) is 12.6. The van der Waals surface area contributed by atoms with Crippen molar-refractivity contribution < 1.29 is 0 Å². The zero-order chi connectivity index (χ0) is 12.5. The molecule has 17 heavy (non-hydrogen) atoms. The van der Waals surface area contributed by atoms with Gasteiger partial charge in [-0.05, 0) is 43.5 Å². The van der Waals surface area contributed by atoms with Crippen molar-refractivity contribution in [2.24, 2.45) is 0 Å². The van der Waals surface area contributed by atoms with Crippen LogP contribution < -0.4 is 11.1 Å². The molecule has 0 radical (unpaired) electrons. The minimum absolute atomic E-state index is 0.566. The van der Waals surface area contributed by atoms with E-state index >= 15 is 0 Å². The quantitative estimate of drug-likeness (QED) is 0.728. The molecule has 1 aromatic heterocycles. The number of nitrogens with one attached hydrogen (secondary N) is 1. The Morgan fingerprint density at radius 1 is 1.35 bits per heavy atom. The monoisotopic (exact) mass is 235 g/mol. The van der Waals surface area contributed by atoms with Gasteiger partial charge in [0.15, 0.2) is 0 Å². The Morgan fingerprint density at radius 2 is 2.18 bits per heavy atom. The summed E-state index contributed by atoms with van der Waals surface area (Å²) in [6.07, 6.45) is 7.79. The zero-order valence-electron chi connectivity index (χ0n) is 11.1. The summed E-state index contributed by atoms with van der Waals surface area (Å²) in [5.74, 6) is 0.618. The lowest BCUT2D eigenvalue weighted by Crippen LogP contribution is -2.31. The molecule has 0 saturated carbocycles. The summed E-state index contributed by atoms with van der Waals surface area (Å²) in [5, 5.41) is 3.61. The van der Waals surface area contributed by atoms with Crippen molar-refractivity contribution in [1.82, 2.24) is 10.3 Å². The van der Waals surface area contributed by atoms with E-state index in [1.807, 2.05) is 6.07 Å². The van der Waals surface area contributed by atoms with Crippen molar-refractivity contribution in [3.63, 3.8) is 0 Å². The average molecular weight is 235 g/mol. The van der Waals surface area contributed by atoms with Crippen molar-refractivity contribution in [2.75, 3.05) is 12.3 Å². The molecule has 0 aliphatic carbocycles. The molecule has 1 aromatic rings. The minimum Gasteiger partial charge on any atom is -0.384 e. The van der Waals surface area contributed by atoms with Crippen molar-refractivity contribution in [3.8, 4) is 0 Å². The molecular formula is C14H25N3. The summed E-state index contributed by atoms with van der Waals surface area (Å²) in [4.78, 5) is 4.03. The number of aromatic nitrogens is 1. The topological polar surface area (TPSA) is 50.9 Å². The van der Waals surface area contributed by atoms with E-state index in [1.165, 1.54) is 31.2 Å². The Balaban J connectivity index is 2.51. The molecule has 96 valence electrons. The van der Waals surface area contributed by atoms with E-state index < -0.39 is 0 Å². The number of nitrogen functional groups attached to an aromatic ring is 1. The number of pyridine rings is 1. The van der Waals surface area contributed by atoms with Gasteiger partial charge in [-0.3, -0.25) is 0 Å². The second-order valence-corrected chi connectivity index (χ2v) is 4.59. The molecular weight excluding hydrogens is 210 g/mol. The molecule has 0 aromatic carbocycles. The maximum Gasteiger partial charge on any atom is 0.123 e. The number of rotatable bonds is 8. The van der Waals surface area contributed by atoms with Crippen LogP contribution in [0.2, 0.25) is 0 Å². The van der Waals surface area contributed by atoms with Crippen molar-refractivity contribution in [2.45, 2.75) is 52.0 Å². The van der Waals surface area contributed by atoms with Gasteiger partial charge in [0.2, 0.25) is 0 Å². The van der Waals surface area contributed by atoms with Crippen LogP contribution in [0.4, 0.5) is 5.82 Å². The Hall–Kier alpha value is -1.09. The molecule has 3 N–H and O–H groups in total. The fourth-order valence-corrected chi connectivity index (χ4v) is 1.98. The molecule has 0 bridgehead atoms.